The second-order valence-corrected chi connectivity index (χ2v) is 6.92. The number of pyridine rings is 1. The number of hydrogen-bond donors (Lipinski definition) is 2. The molecule has 2 unspecified atom stereocenters. The van der Waals surface area contributed by atoms with Gasteiger partial charge in [-0.25, -0.2) is 9.37 Å². The summed E-state index contributed by atoms with van der Waals surface area (Å²) in [5, 5.41) is 6.68. The molecule has 1 fully saturated rings. The fourth-order valence-corrected chi connectivity index (χ4v) is 3.28. The van der Waals surface area contributed by atoms with Gasteiger partial charge in [-0.1, -0.05) is 12.1 Å². The fraction of sp³-hybridized carbons (Fsp3) is 0.429. The molecule has 0 radical (unpaired) electrons. The summed E-state index contributed by atoms with van der Waals surface area (Å²) in [5.41, 5.74) is 0. The van der Waals surface area contributed by atoms with E-state index in [2.05, 4.69) is 20.6 Å². The third-order valence-electron chi connectivity index (χ3n) is 4.75. The average molecular weight is 401 g/mol. The van der Waals surface area contributed by atoms with Crippen molar-refractivity contribution < 1.29 is 13.9 Å². The molecule has 1 aliphatic rings. The summed E-state index contributed by atoms with van der Waals surface area (Å²) in [5.74, 6) is 2.20. The molecule has 8 heteroatoms. The topological polar surface area (TPSA) is 71.0 Å². The Labute approximate surface area is 170 Å². The van der Waals surface area contributed by atoms with Crippen molar-refractivity contribution >= 4 is 11.8 Å². The molecule has 2 N–H and O–H groups in total. The summed E-state index contributed by atoms with van der Waals surface area (Å²) in [6, 6.07) is 10.8. The van der Waals surface area contributed by atoms with E-state index in [1.165, 1.54) is 6.07 Å². The highest BCUT2D eigenvalue weighted by Crippen LogP contribution is 2.26. The number of aromatic nitrogens is 1. The van der Waals surface area contributed by atoms with Gasteiger partial charge in [-0.05, 0) is 37.6 Å². The van der Waals surface area contributed by atoms with Crippen LogP contribution in [0.25, 0.3) is 0 Å². The van der Waals surface area contributed by atoms with E-state index in [0.29, 0.717) is 36.4 Å². The molecule has 1 aliphatic heterocycles. The van der Waals surface area contributed by atoms with Crippen molar-refractivity contribution in [2.24, 2.45) is 4.99 Å². The molecule has 0 aliphatic carbocycles. The number of hydrogen-bond acceptors (Lipinski definition) is 5. The first kappa shape index (κ1) is 20.7. The minimum absolute atomic E-state index is 0.0902. The van der Waals surface area contributed by atoms with E-state index in [0.717, 1.165) is 13.0 Å². The first-order valence-corrected chi connectivity index (χ1v) is 9.73. The lowest BCUT2D eigenvalue weighted by Gasteiger charge is -2.21. The highest BCUT2D eigenvalue weighted by atomic mass is 19.1. The Balaban J connectivity index is 1.48. The molecule has 29 heavy (non-hydrogen) atoms. The lowest BCUT2D eigenvalue weighted by atomic mass is 10.3. The number of halogens is 1. The minimum Gasteiger partial charge on any atom is -0.493 e. The van der Waals surface area contributed by atoms with Crippen molar-refractivity contribution in [3.63, 3.8) is 0 Å². The number of para-hydroxylation sites is 2. The van der Waals surface area contributed by atoms with Crippen LogP contribution >= 0.6 is 0 Å². The Bertz CT molecular complexity index is 832. The SMILES string of the molecule is CN=C(NCC(C)Oc1ccccc1OC)NC1CCN(c2ncccc2F)C1. The van der Waals surface area contributed by atoms with Crippen LogP contribution < -0.4 is 25.0 Å². The van der Waals surface area contributed by atoms with Gasteiger partial charge in [0.2, 0.25) is 0 Å². The molecule has 0 spiro atoms. The van der Waals surface area contributed by atoms with Crippen LogP contribution in [-0.2, 0) is 0 Å². The van der Waals surface area contributed by atoms with Gasteiger partial charge in [0.1, 0.15) is 6.10 Å². The van der Waals surface area contributed by atoms with Crippen molar-refractivity contribution in [3.05, 3.63) is 48.4 Å². The molecule has 0 amide bonds. The first-order chi connectivity index (χ1) is 14.1. The molecule has 1 aromatic carbocycles. The van der Waals surface area contributed by atoms with Crippen LogP contribution in [0.5, 0.6) is 11.5 Å². The maximum atomic E-state index is 14.0. The zero-order valence-corrected chi connectivity index (χ0v) is 17.1. The van der Waals surface area contributed by atoms with Gasteiger partial charge in [0.05, 0.1) is 13.7 Å². The van der Waals surface area contributed by atoms with Gasteiger partial charge < -0.3 is 25.0 Å². The smallest absolute Gasteiger partial charge is 0.191 e. The predicted molar refractivity (Wildman–Crippen MR) is 112 cm³/mol. The molecule has 3 rings (SSSR count). The lowest BCUT2D eigenvalue weighted by Crippen LogP contribution is -2.47. The number of nitrogens with one attached hydrogen (secondary N) is 2. The number of nitrogens with zero attached hydrogens (tertiary/aromatic N) is 3. The Morgan fingerprint density at radius 3 is 2.83 bits per heavy atom. The Kier molecular flexibility index (Phi) is 7.10. The van der Waals surface area contributed by atoms with Crippen LogP contribution in [0.15, 0.2) is 47.6 Å². The highest BCUT2D eigenvalue weighted by Gasteiger charge is 2.26. The Morgan fingerprint density at radius 1 is 1.31 bits per heavy atom. The van der Waals surface area contributed by atoms with Crippen molar-refractivity contribution in [1.29, 1.82) is 0 Å². The molecule has 7 nitrogen and oxygen atoms in total. The summed E-state index contributed by atoms with van der Waals surface area (Å²) < 4.78 is 25.2. The summed E-state index contributed by atoms with van der Waals surface area (Å²) in [6.07, 6.45) is 2.40. The summed E-state index contributed by atoms with van der Waals surface area (Å²) in [4.78, 5) is 10.4. The number of anilines is 1. The molecular formula is C21H28FN5O2. The number of guanidine groups is 1. The van der Waals surface area contributed by atoms with E-state index in [9.17, 15) is 4.39 Å². The lowest BCUT2D eigenvalue weighted by molar-refractivity contribution is 0.213. The molecule has 1 aromatic heterocycles. The van der Waals surface area contributed by atoms with E-state index in [-0.39, 0.29) is 18.0 Å². The van der Waals surface area contributed by atoms with Gasteiger partial charge in [0, 0.05) is 32.4 Å². The molecule has 2 atom stereocenters. The number of ether oxygens (including phenoxy) is 2. The third-order valence-corrected chi connectivity index (χ3v) is 4.75. The molecule has 1 saturated heterocycles. The maximum absolute atomic E-state index is 14.0. The van der Waals surface area contributed by atoms with Crippen LogP contribution in [0, 0.1) is 5.82 Å². The van der Waals surface area contributed by atoms with Crippen LogP contribution in [0.4, 0.5) is 10.2 Å². The normalized spacial score (nSPS) is 17.7. The van der Waals surface area contributed by atoms with Gasteiger partial charge >= 0.3 is 0 Å². The zero-order valence-electron chi connectivity index (χ0n) is 17.1. The molecule has 2 heterocycles. The van der Waals surface area contributed by atoms with E-state index in [1.54, 1.807) is 26.4 Å². The summed E-state index contributed by atoms with van der Waals surface area (Å²) in [6.45, 7) is 3.97. The zero-order chi connectivity index (χ0) is 20.6. The van der Waals surface area contributed by atoms with E-state index in [4.69, 9.17) is 9.47 Å². The number of benzene rings is 1. The summed E-state index contributed by atoms with van der Waals surface area (Å²) in [7, 11) is 3.35. The number of rotatable bonds is 7. The van der Waals surface area contributed by atoms with Crippen molar-refractivity contribution in [2.75, 3.05) is 38.7 Å². The Morgan fingerprint density at radius 2 is 2.10 bits per heavy atom. The third kappa shape index (κ3) is 5.49. The molecule has 156 valence electrons. The van der Waals surface area contributed by atoms with E-state index in [1.807, 2.05) is 36.1 Å². The van der Waals surface area contributed by atoms with Crippen molar-refractivity contribution in [2.45, 2.75) is 25.5 Å². The molecule has 0 bridgehead atoms. The summed E-state index contributed by atoms with van der Waals surface area (Å²) >= 11 is 0. The fourth-order valence-electron chi connectivity index (χ4n) is 3.28. The first-order valence-electron chi connectivity index (χ1n) is 9.73. The number of aliphatic imine (C=N–C) groups is 1. The van der Waals surface area contributed by atoms with Crippen molar-refractivity contribution in [1.82, 2.24) is 15.6 Å². The quantitative estimate of drug-likeness (QED) is 0.549. The van der Waals surface area contributed by atoms with Crippen molar-refractivity contribution in [3.8, 4) is 11.5 Å². The van der Waals surface area contributed by atoms with E-state index < -0.39 is 0 Å². The van der Waals surface area contributed by atoms with Gasteiger partial charge in [-0.3, -0.25) is 4.99 Å². The average Bonchev–Trinajstić information content (AvgIpc) is 3.20. The monoisotopic (exact) mass is 401 g/mol. The second-order valence-electron chi connectivity index (χ2n) is 6.92. The minimum atomic E-state index is -0.294. The van der Waals surface area contributed by atoms with Crippen LogP contribution in [0.1, 0.15) is 13.3 Å². The second kappa shape index (κ2) is 9.95. The molecule has 2 aromatic rings. The maximum Gasteiger partial charge on any atom is 0.191 e. The standard InChI is InChI=1S/C21H28FN5O2/c1-15(29-19-9-5-4-8-18(19)28-3)13-25-21(23-2)26-16-10-12-27(14-16)20-17(22)7-6-11-24-20/h4-9,11,15-16H,10,12-14H2,1-3H3,(H2,23,25,26). The Hall–Kier alpha value is -3.03. The molecular weight excluding hydrogens is 373 g/mol. The highest BCUT2D eigenvalue weighted by molar-refractivity contribution is 5.80. The van der Waals surface area contributed by atoms with Gasteiger partial charge in [0.15, 0.2) is 29.1 Å². The van der Waals surface area contributed by atoms with Crippen LogP contribution in [-0.4, -0.2) is 56.9 Å². The largest absolute Gasteiger partial charge is 0.493 e. The van der Waals surface area contributed by atoms with Crippen LogP contribution in [0.2, 0.25) is 0 Å². The van der Waals surface area contributed by atoms with E-state index >= 15 is 0 Å². The molecule has 0 saturated carbocycles. The van der Waals surface area contributed by atoms with Gasteiger partial charge in [0.25, 0.3) is 0 Å². The number of methoxy groups -OCH3 is 1. The van der Waals surface area contributed by atoms with Crippen LogP contribution in [0.3, 0.4) is 0 Å². The van der Waals surface area contributed by atoms with Gasteiger partial charge in [-0.15, -0.1) is 0 Å². The van der Waals surface area contributed by atoms with Gasteiger partial charge in [-0.2, -0.15) is 0 Å². The predicted octanol–water partition coefficient (Wildman–Crippen LogP) is 2.44.